The van der Waals surface area contributed by atoms with Crippen LogP contribution in [0, 0.1) is 5.82 Å². The highest BCUT2D eigenvalue weighted by atomic mass is 19.1. The van der Waals surface area contributed by atoms with E-state index in [0.717, 1.165) is 16.7 Å². The van der Waals surface area contributed by atoms with Gasteiger partial charge in [-0.15, -0.1) is 0 Å². The van der Waals surface area contributed by atoms with E-state index in [-0.39, 0.29) is 11.1 Å². The van der Waals surface area contributed by atoms with Crippen LogP contribution in [0.4, 0.5) is 4.39 Å². The molecule has 0 aliphatic carbocycles. The molecule has 0 amide bonds. The minimum Gasteiger partial charge on any atom is -0.478 e. The van der Waals surface area contributed by atoms with Crippen molar-refractivity contribution in [3.63, 3.8) is 0 Å². The summed E-state index contributed by atoms with van der Waals surface area (Å²) in [6.45, 7) is 0. The lowest BCUT2D eigenvalue weighted by atomic mass is 10.2. The van der Waals surface area contributed by atoms with Crippen molar-refractivity contribution in [2.24, 2.45) is 7.05 Å². The normalized spacial score (nSPS) is 10.8. The Morgan fingerprint density at radius 1 is 1.53 bits per heavy atom. The van der Waals surface area contributed by atoms with Gasteiger partial charge >= 0.3 is 11.7 Å². The number of hydrogen-bond donors (Lipinski definition) is 1. The quantitative estimate of drug-likeness (QED) is 0.762. The summed E-state index contributed by atoms with van der Waals surface area (Å²) in [5.74, 6) is -2.96. The van der Waals surface area contributed by atoms with Crippen molar-refractivity contribution in [2.75, 3.05) is 0 Å². The first-order valence-corrected chi connectivity index (χ1v) is 4.03. The van der Waals surface area contributed by atoms with E-state index in [9.17, 15) is 14.0 Å². The van der Waals surface area contributed by atoms with Gasteiger partial charge in [0.25, 0.3) is 0 Å². The number of benzene rings is 1. The molecule has 2 aromatic rings. The average Bonchev–Trinajstić information content (AvgIpc) is 2.43. The number of carboxylic acid groups (broad SMARTS) is 1. The number of aromatic carboxylic acids is 1. The largest absolute Gasteiger partial charge is 0.478 e. The van der Waals surface area contributed by atoms with Crippen molar-refractivity contribution < 1.29 is 18.7 Å². The van der Waals surface area contributed by atoms with Crippen LogP contribution < -0.4 is 5.76 Å². The van der Waals surface area contributed by atoms with Crippen LogP contribution in [0.15, 0.2) is 21.3 Å². The first kappa shape index (κ1) is 9.45. The number of aromatic nitrogens is 1. The third-order valence-corrected chi connectivity index (χ3v) is 2.11. The highest BCUT2D eigenvalue weighted by Crippen LogP contribution is 2.17. The molecule has 6 heteroatoms. The maximum Gasteiger partial charge on any atom is 0.419 e. The van der Waals surface area contributed by atoms with Gasteiger partial charge in [-0.25, -0.2) is 14.0 Å². The molecule has 78 valence electrons. The first-order valence-electron chi connectivity index (χ1n) is 4.03. The van der Waals surface area contributed by atoms with Gasteiger partial charge in [-0.2, -0.15) is 0 Å². The van der Waals surface area contributed by atoms with E-state index in [1.807, 2.05) is 0 Å². The van der Waals surface area contributed by atoms with Crippen molar-refractivity contribution in [1.82, 2.24) is 4.57 Å². The smallest absolute Gasteiger partial charge is 0.419 e. The molecular formula is C9H6FNO4. The number of oxazole rings is 1. The van der Waals surface area contributed by atoms with Crippen LogP contribution in [-0.4, -0.2) is 15.6 Å². The van der Waals surface area contributed by atoms with E-state index in [4.69, 9.17) is 9.52 Å². The van der Waals surface area contributed by atoms with Crippen LogP contribution in [0.1, 0.15) is 10.4 Å². The van der Waals surface area contributed by atoms with Gasteiger partial charge in [-0.3, -0.25) is 4.57 Å². The lowest BCUT2D eigenvalue weighted by Crippen LogP contribution is -2.08. The molecule has 0 unspecified atom stereocenters. The Hall–Kier alpha value is -2.11. The molecule has 0 fully saturated rings. The molecular weight excluding hydrogens is 205 g/mol. The molecule has 0 bridgehead atoms. The number of halogens is 1. The summed E-state index contributed by atoms with van der Waals surface area (Å²) >= 11 is 0. The van der Waals surface area contributed by atoms with Crippen molar-refractivity contribution in [2.45, 2.75) is 0 Å². The molecule has 0 atom stereocenters. The minimum atomic E-state index is -1.40. The lowest BCUT2D eigenvalue weighted by Gasteiger charge is -1.97. The van der Waals surface area contributed by atoms with E-state index in [1.54, 1.807) is 0 Å². The second-order valence-corrected chi connectivity index (χ2v) is 3.03. The molecule has 1 aromatic carbocycles. The summed E-state index contributed by atoms with van der Waals surface area (Å²) in [6, 6.07) is 1.96. The number of carbonyl (C=O) groups is 1. The number of hydrogen-bond acceptors (Lipinski definition) is 3. The van der Waals surface area contributed by atoms with Crippen LogP contribution in [0.2, 0.25) is 0 Å². The van der Waals surface area contributed by atoms with Gasteiger partial charge in [0.15, 0.2) is 5.58 Å². The van der Waals surface area contributed by atoms with Gasteiger partial charge in [0.1, 0.15) is 5.82 Å². The predicted molar refractivity (Wildman–Crippen MR) is 48.4 cm³/mol. The number of carboxylic acids is 1. The van der Waals surface area contributed by atoms with E-state index in [1.165, 1.54) is 7.05 Å². The molecule has 15 heavy (non-hydrogen) atoms. The Morgan fingerprint density at radius 3 is 2.80 bits per heavy atom. The summed E-state index contributed by atoms with van der Waals surface area (Å²) < 4.78 is 19.0. The van der Waals surface area contributed by atoms with Crippen LogP contribution in [-0.2, 0) is 7.05 Å². The molecule has 5 nitrogen and oxygen atoms in total. The zero-order valence-electron chi connectivity index (χ0n) is 7.65. The highest BCUT2D eigenvalue weighted by molar-refractivity contribution is 5.92. The molecule has 0 radical (unpaired) electrons. The van der Waals surface area contributed by atoms with Gasteiger partial charge in [-0.1, -0.05) is 0 Å². The summed E-state index contributed by atoms with van der Waals surface area (Å²) in [7, 11) is 1.41. The third-order valence-electron chi connectivity index (χ3n) is 2.11. The molecule has 2 rings (SSSR count). The van der Waals surface area contributed by atoms with Crippen LogP contribution >= 0.6 is 0 Å². The van der Waals surface area contributed by atoms with Crippen molar-refractivity contribution in [3.8, 4) is 0 Å². The van der Waals surface area contributed by atoms with Crippen molar-refractivity contribution in [1.29, 1.82) is 0 Å². The number of rotatable bonds is 1. The van der Waals surface area contributed by atoms with Crippen LogP contribution in [0.25, 0.3) is 11.1 Å². The van der Waals surface area contributed by atoms with Gasteiger partial charge < -0.3 is 9.52 Å². The van der Waals surface area contributed by atoms with E-state index in [2.05, 4.69) is 0 Å². The van der Waals surface area contributed by atoms with E-state index in [0.29, 0.717) is 0 Å². The second kappa shape index (κ2) is 2.94. The molecule has 1 aromatic heterocycles. The zero-order chi connectivity index (χ0) is 11.2. The van der Waals surface area contributed by atoms with Crippen LogP contribution in [0.3, 0.4) is 0 Å². The average molecular weight is 211 g/mol. The molecule has 0 aliphatic heterocycles. The van der Waals surface area contributed by atoms with Crippen molar-refractivity contribution >= 4 is 17.1 Å². The monoisotopic (exact) mass is 211 g/mol. The SMILES string of the molecule is Cn1c(=O)oc2cc(C(=O)O)c(F)cc21. The van der Waals surface area contributed by atoms with Gasteiger partial charge in [0, 0.05) is 19.2 Å². The summed E-state index contributed by atoms with van der Waals surface area (Å²) in [4.78, 5) is 21.6. The fourth-order valence-corrected chi connectivity index (χ4v) is 1.31. The molecule has 0 saturated heterocycles. The van der Waals surface area contributed by atoms with Crippen LogP contribution in [0.5, 0.6) is 0 Å². The number of nitrogens with zero attached hydrogens (tertiary/aromatic N) is 1. The Balaban J connectivity index is 2.88. The second-order valence-electron chi connectivity index (χ2n) is 3.03. The highest BCUT2D eigenvalue weighted by Gasteiger charge is 2.15. The first-order chi connectivity index (χ1) is 7.00. The van der Waals surface area contributed by atoms with E-state index >= 15 is 0 Å². The molecule has 0 saturated carbocycles. The van der Waals surface area contributed by atoms with Gasteiger partial charge in [0.05, 0.1) is 11.1 Å². The molecule has 1 heterocycles. The minimum absolute atomic E-state index is 0.0568. The molecule has 0 spiro atoms. The zero-order valence-corrected chi connectivity index (χ0v) is 7.65. The fraction of sp³-hybridized carbons (Fsp3) is 0.111. The maximum absolute atomic E-state index is 13.2. The molecule has 0 aliphatic rings. The topological polar surface area (TPSA) is 72.4 Å². The Labute approximate surface area is 82.3 Å². The van der Waals surface area contributed by atoms with Crippen molar-refractivity contribution in [3.05, 3.63) is 34.1 Å². The molecule has 1 N–H and O–H groups in total. The Kier molecular flexibility index (Phi) is 1.85. The van der Waals surface area contributed by atoms with E-state index < -0.39 is 23.1 Å². The summed E-state index contributed by atoms with van der Waals surface area (Å²) in [5, 5.41) is 8.63. The lowest BCUT2D eigenvalue weighted by molar-refractivity contribution is 0.0692. The van der Waals surface area contributed by atoms with Gasteiger partial charge in [0.2, 0.25) is 0 Å². The summed E-state index contributed by atoms with van der Waals surface area (Å²) in [5.41, 5.74) is -0.236. The number of fused-ring (bicyclic) bond motifs is 1. The summed E-state index contributed by atoms with van der Waals surface area (Å²) in [6.07, 6.45) is 0. The number of aryl methyl sites for hydroxylation is 1. The van der Waals surface area contributed by atoms with Gasteiger partial charge in [-0.05, 0) is 0 Å². The Morgan fingerprint density at radius 2 is 2.20 bits per heavy atom. The predicted octanol–water partition coefficient (Wildman–Crippen LogP) is 0.969. The fourth-order valence-electron chi connectivity index (χ4n) is 1.31. The Bertz CT molecular complexity index is 610. The standard InChI is InChI=1S/C9H6FNO4/c1-11-6-3-5(10)4(8(12)13)2-7(6)15-9(11)14/h2-3H,1H3,(H,12,13). The maximum atomic E-state index is 13.2. The third kappa shape index (κ3) is 1.30.